The van der Waals surface area contributed by atoms with E-state index in [-0.39, 0.29) is 33.6 Å². The van der Waals surface area contributed by atoms with Crippen LogP contribution in [0.1, 0.15) is 42.5 Å². The van der Waals surface area contributed by atoms with Crippen LogP contribution in [0.5, 0.6) is 11.5 Å². The van der Waals surface area contributed by atoms with Crippen LogP contribution >= 0.6 is 0 Å². The van der Waals surface area contributed by atoms with Crippen LogP contribution < -0.4 is 14.6 Å². The zero-order valence-electron chi connectivity index (χ0n) is 15.0. The molecule has 1 aromatic carbocycles. The number of ether oxygens (including phenoxy) is 2. The van der Waals surface area contributed by atoms with Gasteiger partial charge in [0.1, 0.15) is 16.2 Å². The maximum Gasteiger partial charge on any atom is 0.261 e. The highest BCUT2D eigenvalue weighted by molar-refractivity contribution is 7.89. The zero-order valence-corrected chi connectivity index (χ0v) is 15.8. The van der Waals surface area contributed by atoms with Crippen molar-refractivity contribution in [2.24, 2.45) is 16.5 Å². The molecule has 1 saturated heterocycles. The molecule has 26 heavy (non-hydrogen) atoms. The number of carbonyl (C=O) groups excluding carboxylic acids is 1. The first-order valence-electron chi connectivity index (χ1n) is 8.91. The minimum absolute atomic E-state index is 0.0408. The topological polar surface area (TPSA) is 98.9 Å². The van der Waals surface area contributed by atoms with Gasteiger partial charge in [0.25, 0.3) is 5.91 Å². The van der Waals surface area contributed by atoms with Gasteiger partial charge >= 0.3 is 0 Å². The maximum atomic E-state index is 13.4. The molecule has 0 aromatic heterocycles. The summed E-state index contributed by atoms with van der Waals surface area (Å²) in [6, 6.07) is 3.02. The lowest BCUT2D eigenvalue weighted by molar-refractivity contribution is -0.111. The molecule has 1 aromatic rings. The number of nitrogens with zero attached hydrogens (tertiary/aromatic N) is 1. The molecule has 1 unspecified atom stereocenters. The van der Waals surface area contributed by atoms with Gasteiger partial charge in [0.15, 0.2) is 5.75 Å². The minimum atomic E-state index is -4.03. The van der Waals surface area contributed by atoms with E-state index in [1.807, 2.05) is 4.90 Å². The van der Waals surface area contributed by atoms with E-state index in [2.05, 4.69) is 0 Å². The van der Waals surface area contributed by atoms with E-state index >= 15 is 0 Å². The fraction of sp³-hybridized carbons (Fsp3) is 0.611. The summed E-state index contributed by atoms with van der Waals surface area (Å²) < 4.78 is 34.5. The summed E-state index contributed by atoms with van der Waals surface area (Å²) in [5.41, 5.74) is 0.413. The molecule has 2 aliphatic carbocycles. The van der Waals surface area contributed by atoms with E-state index in [4.69, 9.17) is 14.6 Å². The number of sulfonamides is 1. The van der Waals surface area contributed by atoms with Gasteiger partial charge in [-0.3, -0.25) is 4.79 Å². The first-order valence-corrected chi connectivity index (χ1v) is 10.5. The number of methoxy groups -OCH3 is 2. The van der Waals surface area contributed by atoms with Crippen molar-refractivity contribution in [3.8, 4) is 11.5 Å². The zero-order chi connectivity index (χ0) is 18.7. The minimum Gasteiger partial charge on any atom is -0.496 e. The molecule has 2 N–H and O–H groups in total. The number of rotatable bonds is 5. The highest BCUT2D eigenvalue weighted by Crippen LogP contribution is 2.60. The van der Waals surface area contributed by atoms with Crippen molar-refractivity contribution in [3.05, 3.63) is 17.7 Å². The van der Waals surface area contributed by atoms with E-state index in [9.17, 15) is 13.2 Å². The van der Waals surface area contributed by atoms with Crippen molar-refractivity contribution in [3.63, 3.8) is 0 Å². The number of hydrogen-bond donors (Lipinski definition) is 1. The third-order valence-electron chi connectivity index (χ3n) is 6.15. The summed E-state index contributed by atoms with van der Waals surface area (Å²) in [5.74, 6) is 0.578. The van der Waals surface area contributed by atoms with Gasteiger partial charge < -0.3 is 14.4 Å². The Hall–Kier alpha value is -1.80. The van der Waals surface area contributed by atoms with E-state index in [1.54, 1.807) is 0 Å². The van der Waals surface area contributed by atoms with Gasteiger partial charge in [0.2, 0.25) is 10.0 Å². The van der Waals surface area contributed by atoms with E-state index in [0.717, 1.165) is 19.4 Å². The van der Waals surface area contributed by atoms with Gasteiger partial charge in [-0.15, -0.1) is 0 Å². The maximum absolute atomic E-state index is 13.4. The van der Waals surface area contributed by atoms with Crippen LogP contribution in [0.25, 0.3) is 0 Å². The van der Waals surface area contributed by atoms with Crippen molar-refractivity contribution in [1.82, 2.24) is 4.90 Å². The van der Waals surface area contributed by atoms with Gasteiger partial charge in [-0.25, -0.2) is 13.6 Å². The number of primary sulfonamides is 1. The lowest BCUT2D eigenvalue weighted by Gasteiger charge is -2.63. The fourth-order valence-electron chi connectivity index (χ4n) is 4.69. The van der Waals surface area contributed by atoms with Crippen LogP contribution in [0.4, 0.5) is 0 Å². The Balaban J connectivity index is 1.76. The molecule has 1 spiro atoms. The van der Waals surface area contributed by atoms with E-state index in [0.29, 0.717) is 11.7 Å². The monoisotopic (exact) mass is 380 g/mol. The predicted octanol–water partition coefficient (Wildman–Crippen LogP) is 1.76. The lowest BCUT2D eigenvalue weighted by Crippen LogP contribution is -2.69. The summed E-state index contributed by atoms with van der Waals surface area (Å²) in [4.78, 5) is 15.0. The quantitative estimate of drug-likeness (QED) is 0.839. The second-order valence-electron chi connectivity index (χ2n) is 7.65. The average molecular weight is 380 g/mol. The molecule has 0 radical (unpaired) electrons. The fourth-order valence-corrected chi connectivity index (χ4v) is 5.39. The number of nitrogens with two attached hydrogens (primary N) is 1. The van der Waals surface area contributed by atoms with Crippen molar-refractivity contribution in [2.75, 3.05) is 20.8 Å². The van der Waals surface area contributed by atoms with Crippen LogP contribution in [0, 0.1) is 11.3 Å². The molecule has 2 saturated carbocycles. The van der Waals surface area contributed by atoms with Crippen molar-refractivity contribution < 1.29 is 22.7 Å². The number of hydrogen-bond acceptors (Lipinski definition) is 5. The Kier molecular flexibility index (Phi) is 3.96. The summed E-state index contributed by atoms with van der Waals surface area (Å²) >= 11 is 0. The van der Waals surface area contributed by atoms with E-state index < -0.39 is 10.0 Å². The van der Waals surface area contributed by atoms with Gasteiger partial charge in [0.05, 0.1) is 14.2 Å². The summed E-state index contributed by atoms with van der Waals surface area (Å²) in [7, 11) is -1.24. The van der Waals surface area contributed by atoms with Gasteiger partial charge in [-0.05, 0) is 43.7 Å². The first kappa shape index (κ1) is 17.6. The summed E-state index contributed by atoms with van der Waals surface area (Å²) in [5, 5.41) is 5.30. The summed E-state index contributed by atoms with van der Waals surface area (Å²) in [6.45, 7) is 0.721. The van der Waals surface area contributed by atoms with Crippen LogP contribution in [0.2, 0.25) is 0 Å². The highest BCUT2D eigenvalue weighted by atomic mass is 32.2. The molecular weight excluding hydrogens is 356 g/mol. The highest BCUT2D eigenvalue weighted by Gasteiger charge is 2.62. The molecule has 8 heteroatoms. The molecule has 7 nitrogen and oxygen atoms in total. The number of benzene rings is 1. The standard InChI is InChI=1S/C18H24N2O5S/c1-24-12-6-7-13(26(19,22)23)15(25-2)14(12)17(21)20-10-18(8-3-9-18)16(20)11-4-5-11/h6-7,11,16H,3-5,8-10H2,1-2H3,(H2,19,22,23). The molecule has 1 aliphatic heterocycles. The van der Waals surface area contributed by atoms with Crippen molar-refractivity contribution in [1.29, 1.82) is 0 Å². The molecule has 0 bridgehead atoms. The smallest absolute Gasteiger partial charge is 0.261 e. The largest absolute Gasteiger partial charge is 0.496 e. The molecule has 1 atom stereocenters. The third-order valence-corrected chi connectivity index (χ3v) is 7.09. The second-order valence-corrected chi connectivity index (χ2v) is 9.18. The van der Waals surface area contributed by atoms with Crippen LogP contribution in [-0.2, 0) is 10.0 Å². The average Bonchev–Trinajstić information content (AvgIpc) is 3.34. The SMILES string of the molecule is COc1ccc(S(N)(=O)=O)c(OC)c1C(=O)N1CC2(CCC2)C1C1CC1. The van der Waals surface area contributed by atoms with Gasteiger partial charge in [-0.2, -0.15) is 0 Å². The third kappa shape index (κ3) is 2.50. The second kappa shape index (κ2) is 5.85. The normalized spacial score (nSPS) is 24.0. The van der Waals surface area contributed by atoms with Crippen molar-refractivity contribution in [2.45, 2.75) is 43.0 Å². The first-order chi connectivity index (χ1) is 12.3. The molecule has 3 fully saturated rings. The predicted molar refractivity (Wildman–Crippen MR) is 94.8 cm³/mol. The van der Waals surface area contributed by atoms with Crippen LogP contribution in [0.3, 0.4) is 0 Å². The molecule has 4 rings (SSSR count). The van der Waals surface area contributed by atoms with E-state index in [1.165, 1.54) is 45.6 Å². The van der Waals surface area contributed by atoms with Crippen LogP contribution in [0.15, 0.2) is 17.0 Å². The Morgan fingerprint density at radius 2 is 1.92 bits per heavy atom. The van der Waals surface area contributed by atoms with Crippen LogP contribution in [-0.4, -0.2) is 46.0 Å². The Labute approximate surface area is 153 Å². The Bertz CT molecular complexity index is 859. The molecule has 142 valence electrons. The molecule has 1 heterocycles. The number of carbonyl (C=O) groups is 1. The Morgan fingerprint density at radius 3 is 2.38 bits per heavy atom. The lowest BCUT2D eigenvalue weighted by atomic mass is 9.56. The van der Waals surface area contributed by atoms with Gasteiger partial charge in [0, 0.05) is 18.0 Å². The van der Waals surface area contributed by atoms with Crippen molar-refractivity contribution >= 4 is 15.9 Å². The number of amides is 1. The Morgan fingerprint density at radius 1 is 1.23 bits per heavy atom. The molecule has 3 aliphatic rings. The number of likely N-dealkylation sites (tertiary alicyclic amines) is 1. The molecule has 1 amide bonds. The van der Waals surface area contributed by atoms with Gasteiger partial charge in [-0.1, -0.05) is 6.42 Å². The molecular formula is C18H24N2O5S. The summed E-state index contributed by atoms with van der Waals surface area (Å²) in [6.07, 6.45) is 5.87.